The second kappa shape index (κ2) is 6.02. The summed E-state index contributed by atoms with van der Waals surface area (Å²) in [7, 11) is 1.59. The van der Waals surface area contributed by atoms with Gasteiger partial charge in [0.2, 0.25) is 5.78 Å². The highest BCUT2D eigenvalue weighted by atomic mass is 79.9. The van der Waals surface area contributed by atoms with E-state index in [1.807, 2.05) is 10.8 Å². The Morgan fingerprint density at radius 2 is 2.26 bits per heavy atom. The number of ether oxygens (including phenoxy) is 1. The highest BCUT2D eigenvalue weighted by Gasteiger charge is 2.16. The normalized spacial score (nSPS) is 10.5. The van der Waals surface area contributed by atoms with Gasteiger partial charge in [-0.15, -0.1) is 0 Å². The molecule has 1 aromatic heterocycles. The van der Waals surface area contributed by atoms with E-state index in [0.717, 1.165) is 17.4 Å². The third-order valence-corrected chi connectivity index (χ3v) is 3.42. The SMILES string of the molecule is CCCn1ccnc1C(=O)c1ccc(OC)c(Br)c1. The van der Waals surface area contributed by atoms with Crippen LogP contribution in [-0.4, -0.2) is 22.4 Å². The first kappa shape index (κ1) is 13.8. The molecule has 100 valence electrons. The molecular weight excluding hydrogens is 308 g/mol. The van der Waals surface area contributed by atoms with E-state index in [0.29, 0.717) is 17.1 Å². The third-order valence-electron chi connectivity index (χ3n) is 2.80. The smallest absolute Gasteiger partial charge is 0.228 e. The molecule has 0 radical (unpaired) electrons. The van der Waals surface area contributed by atoms with Crippen LogP contribution in [0, 0.1) is 0 Å². The van der Waals surface area contributed by atoms with E-state index in [9.17, 15) is 4.79 Å². The first-order valence-corrected chi connectivity index (χ1v) is 6.86. The molecule has 0 atom stereocenters. The number of aryl methyl sites for hydroxylation is 1. The molecule has 19 heavy (non-hydrogen) atoms. The standard InChI is InChI=1S/C14H15BrN2O2/c1-3-7-17-8-6-16-14(17)13(18)10-4-5-12(19-2)11(15)9-10/h4-6,8-9H,3,7H2,1-2H3. The van der Waals surface area contributed by atoms with Crippen LogP contribution in [0.25, 0.3) is 0 Å². The van der Waals surface area contributed by atoms with Crippen LogP contribution in [0.1, 0.15) is 29.5 Å². The van der Waals surface area contributed by atoms with Crippen LogP contribution in [-0.2, 0) is 6.54 Å². The van der Waals surface area contributed by atoms with E-state index in [-0.39, 0.29) is 5.78 Å². The molecule has 0 saturated carbocycles. The van der Waals surface area contributed by atoms with Crippen LogP contribution >= 0.6 is 15.9 Å². The van der Waals surface area contributed by atoms with Gasteiger partial charge in [-0.05, 0) is 40.5 Å². The molecule has 0 fully saturated rings. The zero-order valence-electron chi connectivity index (χ0n) is 10.9. The van der Waals surface area contributed by atoms with Crippen molar-refractivity contribution in [2.45, 2.75) is 19.9 Å². The summed E-state index contributed by atoms with van der Waals surface area (Å²) in [6, 6.07) is 5.27. The summed E-state index contributed by atoms with van der Waals surface area (Å²) in [5.74, 6) is 1.09. The maximum absolute atomic E-state index is 12.4. The number of imidazole rings is 1. The number of halogens is 1. The fraction of sp³-hybridized carbons (Fsp3) is 0.286. The molecule has 4 nitrogen and oxygen atoms in total. The second-order valence-electron chi connectivity index (χ2n) is 4.12. The summed E-state index contributed by atoms with van der Waals surface area (Å²) in [6.45, 7) is 2.86. The molecule has 0 unspecified atom stereocenters. The van der Waals surface area contributed by atoms with Crippen LogP contribution < -0.4 is 4.74 Å². The molecule has 0 N–H and O–H groups in total. The second-order valence-corrected chi connectivity index (χ2v) is 4.98. The summed E-state index contributed by atoms with van der Waals surface area (Å²) in [6.07, 6.45) is 4.44. The maximum Gasteiger partial charge on any atom is 0.228 e. The molecule has 1 heterocycles. The van der Waals surface area contributed by atoms with E-state index in [1.165, 1.54) is 0 Å². The van der Waals surface area contributed by atoms with Gasteiger partial charge in [0.25, 0.3) is 0 Å². The summed E-state index contributed by atoms with van der Waals surface area (Å²) >= 11 is 3.38. The predicted molar refractivity (Wildman–Crippen MR) is 76.6 cm³/mol. The Balaban J connectivity index is 2.33. The van der Waals surface area contributed by atoms with E-state index < -0.39 is 0 Å². The molecule has 2 aromatic rings. The van der Waals surface area contributed by atoms with Crippen LogP contribution in [0.2, 0.25) is 0 Å². The van der Waals surface area contributed by atoms with Crippen LogP contribution in [0.5, 0.6) is 5.75 Å². The topological polar surface area (TPSA) is 44.1 Å². The van der Waals surface area contributed by atoms with E-state index in [4.69, 9.17) is 4.74 Å². The number of hydrogen-bond donors (Lipinski definition) is 0. The number of nitrogens with zero attached hydrogens (tertiary/aromatic N) is 2. The molecule has 0 aliphatic carbocycles. The molecule has 0 amide bonds. The van der Waals surface area contributed by atoms with E-state index >= 15 is 0 Å². The van der Waals surface area contributed by atoms with Crippen molar-refractivity contribution in [3.8, 4) is 5.75 Å². The fourth-order valence-corrected chi connectivity index (χ4v) is 2.42. The Kier molecular flexibility index (Phi) is 4.37. The largest absolute Gasteiger partial charge is 0.496 e. The number of ketones is 1. The quantitative estimate of drug-likeness (QED) is 0.793. The zero-order valence-corrected chi connectivity index (χ0v) is 12.5. The highest BCUT2D eigenvalue weighted by molar-refractivity contribution is 9.10. The number of carbonyl (C=O) groups excluding carboxylic acids is 1. The van der Waals surface area contributed by atoms with Gasteiger partial charge < -0.3 is 9.30 Å². The number of methoxy groups -OCH3 is 1. The average Bonchev–Trinajstić information content (AvgIpc) is 2.86. The van der Waals surface area contributed by atoms with Crippen LogP contribution in [0.4, 0.5) is 0 Å². The lowest BCUT2D eigenvalue weighted by atomic mass is 10.1. The summed E-state index contributed by atoms with van der Waals surface area (Å²) in [5.41, 5.74) is 0.594. The van der Waals surface area contributed by atoms with Gasteiger partial charge in [0.1, 0.15) is 5.75 Å². The molecule has 5 heteroatoms. The molecular formula is C14H15BrN2O2. The third kappa shape index (κ3) is 2.87. The Hall–Kier alpha value is -1.62. The summed E-state index contributed by atoms with van der Waals surface area (Å²) in [4.78, 5) is 16.6. The molecule has 0 aliphatic rings. The van der Waals surface area contributed by atoms with Crippen molar-refractivity contribution in [3.05, 3.63) is 46.5 Å². The minimum atomic E-state index is -0.0817. The van der Waals surface area contributed by atoms with Gasteiger partial charge >= 0.3 is 0 Å². The summed E-state index contributed by atoms with van der Waals surface area (Å²) < 4.78 is 7.79. The molecule has 0 saturated heterocycles. The van der Waals surface area contributed by atoms with Gasteiger partial charge in [-0.1, -0.05) is 6.92 Å². The Bertz CT molecular complexity index is 593. The monoisotopic (exact) mass is 322 g/mol. The average molecular weight is 323 g/mol. The van der Waals surface area contributed by atoms with Crippen LogP contribution in [0.15, 0.2) is 35.1 Å². The van der Waals surface area contributed by atoms with Crippen molar-refractivity contribution in [1.82, 2.24) is 9.55 Å². The predicted octanol–water partition coefficient (Wildman–Crippen LogP) is 3.30. The summed E-state index contributed by atoms with van der Waals surface area (Å²) in [5, 5.41) is 0. The Morgan fingerprint density at radius 1 is 1.47 bits per heavy atom. The lowest BCUT2D eigenvalue weighted by Gasteiger charge is -2.07. The van der Waals surface area contributed by atoms with Gasteiger partial charge in [0.15, 0.2) is 5.82 Å². The molecule has 2 rings (SSSR count). The van der Waals surface area contributed by atoms with Crippen molar-refractivity contribution in [2.75, 3.05) is 7.11 Å². The van der Waals surface area contributed by atoms with Gasteiger partial charge in [-0.25, -0.2) is 4.98 Å². The number of rotatable bonds is 5. The van der Waals surface area contributed by atoms with Gasteiger partial charge in [-0.3, -0.25) is 4.79 Å². The molecule has 0 aliphatic heterocycles. The highest BCUT2D eigenvalue weighted by Crippen LogP contribution is 2.26. The Labute approximate surface area is 120 Å². The fourth-order valence-electron chi connectivity index (χ4n) is 1.88. The number of hydrogen-bond acceptors (Lipinski definition) is 3. The first-order valence-electron chi connectivity index (χ1n) is 6.06. The molecule has 0 spiro atoms. The minimum absolute atomic E-state index is 0.0817. The van der Waals surface area contributed by atoms with Gasteiger partial charge in [0, 0.05) is 24.5 Å². The van der Waals surface area contributed by atoms with Crippen molar-refractivity contribution in [3.63, 3.8) is 0 Å². The first-order chi connectivity index (χ1) is 9.17. The van der Waals surface area contributed by atoms with Crippen molar-refractivity contribution in [2.24, 2.45) is 0 Å². The number of carbonyl (C=O) groups is 1. The molecule has 0 bridgehead atoms. The van der Waals surface area contributed by atoms with Crippen molar-refractivity contribution < 1.29 is 9.53 Å². The van der Waals surface area contributed by atoms with Crippen molar-refractivity contribution in [1.29, 1.82) is 0 Å². The maximum atomic E-state index is 12.4. The van der Waals surface area contributed by atoms with Gasteiger partial charge in [-0.2, -0.15) is 0 Å². The molecule has 1 aromatic carbocycles. The zero-order chi connectivity index (χ0) is 13.8. The lowest BCUT2D eigenvalue weighted by Crippen LogP contribution is -2.11. The van der Waals surface area contributed by atoms with Crippen molar-refractivity contribution >= 4 is 21.7 Å². The van der Waals surface area contributed by atoms with E-state index in [1.54, 1.807) is 31.5 Å². The van der Waals surface area contributed by atoms with E-state index in [2.05, 4.69) is 27.8 Å². The minimum Gasteiger partial charge on any atom is -0.496 e. The van der Waals surface area contributed by atoms with Crippen LogP contribution in [0.3, 0.4) is 0 Å². The number of aromatic nitrogens is 2. The lowest BCUT2D eigenvalue weighted by molar-refractivity contribution is 0.102. The number of benzene rings is 1. The van der Waals surface area contributed by atoms with Gasteiger partial charge in [0.05, 0.1) is 11.6 Å². The Morgan fingerprint density at radius 3 is 2.89 bits per heavy atom.